The summed E-state index contributed by atoms with van der Waals surface area (Å²) in [5.74, 6) is -0.186. The molecule has 0 fully saturated rings. The van der Waals surface area contributed by atoms with Crippen molar-refractivity contribution in [2.24, 2.45) is 0 Å². The topological polar surface area (TPSA) is 21.3 Å². The van der Waals surface area contributed by atoms with Gasteiger partial charge in [0.2, 0.25) is 0 Å². The van der Waals surface area contributed by atoms with Crippen molar-refractivity contribution in [1.82, 2.24) is 5.32 Å². The summed E-state index contributed by atoms with van der Waals surface area (Å²) in [5.41, 5.74) is 1.33. The van der Waals surface area contributed by atoms with Crippen LogP contribution in [0.1, 0.15) is 17.2 Å². The molecule has 1 unspecified atom stereocenters. The van der Waals surface area contributed by atoms with Crippen LogP contribution in [0.4, 0.5) is 13.2 Å². The van der Waals surface area contributed by atoms with Crippen molar-refractivity contribution in [3.05, 3.63) is 65.5 Å². The lowest BCUT2D eigenvalue weighted by Gasteiger charge is -2.18. The van der Waals surface area contributed by atoms with Crippen LogP contribution < -0.4 is 10.1 Å². The van der Waals surface area contributed by atoms with Gasteiger partial charge in [-0.05, 0) is 42.8 Å². The molecule has 21 heavy (non-hydrogen) atoms. The molecule has 112 valence electrons. The molecule has 1 N–H and O–H groups in total. The van der Waals surface area contributed by atoms with Crippen molar-refractivity contribution in [2.45, 2.75) is 19.1 Å². The number of hydrogen-bond donors (Lipinski definition) is 1. The van der Waals surface area contributed by atoms with Crippen LogP contribution in [0.2, 0.25) is 0 Å². The van der Waals surface area contributed by atoms with Crippen molar-refractivity contribution in [1.29, 1.82) is 0 Å². The minimum Gasteiger partial charge on any atom is -0.435 e. The second-order valence-electron chi connectivity index (χ2n) is 4.59. The van der Waals surface area contributed by atoms with Gasteiger partial charge in [-0.2, -0.15) is 8.78 Å². The standard InChI is InChI=1S/C16H16F3NO/c1-20-15(10-11-5-2-3-8-14(11)17)12-6-4-7-13(9-12)21-16(18)19/h2-9,15-16,20H,10H2,1H3. The first kappa shape index (κ1) is 15.4. The van der Waals surface area contributed by atoms with Crippen LogP contribution in [0.3, 0.4) is 0 Å². The highest BCUT2D eigenvalue weighted by atomic mass is 19.3. The predicted molar refractivity (Wildman–Crippen MR) is 75.0 cm³/mol. The van der Waals surface area contributed by atoms with Crippen molar-refractivity contribution in [2.75, 3.05) is 7.05 Å². The molecule has 0 aromatic heterocycles. The molecule has 5 heteroatoms. The molecule has 0 spiro atoms. The van der Waals surface area contributed by atoms with Gasteiger partial charge in [-0.25, -0.2) is 4.39 Å². The number of alkyl halides is 2. The number of likely N-dealkylation sites (N-methyl/N-ethyl adjacent to an activating group) is 1. The molecule has 2 rings (SSSR count). The molecule has 0 aliphatic carbocycles. The van der Waals surface area contributed by atoms with Crippen LogP contribution in [0.25, 0.3) is 0 Å². The minimum atomic E-state index is -2.86. The van der Waals surface area contributed by atoms with E-state index in [1.54, 1.807) is 37.4 Å². The lowest BCUT2D eigenvalue weighted by Crippen LogP contribution is -2.19. The Bertz CT molecular complexity index is 589. The van der Waals surface area contributed by atoms with Crippen molar-refractivity contribution >= 4 is 0 Å². The third kappa shape index (κ3) is 4.23. The number of halogens is 3. The molecule has 0 aliphatic heterocycles. The van der Waals surface area contributed by atoms with Gasteiger partial charge in [-0.15, -0.1) is 0 Å². The maximum absolute atomic E-state index is 13.7. The van der Waals surface area contributed by atoms with Gasteiger partial charge < -0.3 is 10.1 Å². The summed E-state index contributed by atoms with van der Waals surface area (Å²) < 4.78 is 42.6. The van der Waals surface area contributed by atoms with E-state index in [2.05, 4.69) is 10.1 Å². The number of benzene rings is 2. The quantitative estimate of drug-likeness (QED) is 0.872. The van der Waals surface area contributed by atoms with Gasteiger partial charge in [0, 0.05) is 6.04 Å². The SMILES string of the molecule is CNC(Cc1ccccc1F)c1cccc(OC(F)F)c1. The Morgan fingerprint density at radius 2 is 1.86 bits per heavy atom. The summed E-state index contributed by atoms with van der Waals surface area (Å²) in [6, 6.07) is 12.7. The second-order valence-corrected chi connectivity index (χ2v) is 4.59. The third-order valence-corrected chi connectivity index (χ3v) is 3.22. The van der Waals surface area contributed by atoms with Crippen LogP contribution >= 0.6 is 0 Å². The Balaban J connectivity index is 2.19. The van der Waals surface area contributed by atoms with Crippen molar-refractivity contribution in [3.8, 4) is 5.75 Å². The summed E-state index contributed by atoms with van der Waals surface area (Å²) in [6.07, 6.45) is 0.418. The fourth-order valence-electron chi connectivity index (χ4n) is 2.18. The van der Waals surface area contributed by atoms with Crippen LogP contribution in [-0.4, -0.2) is 13.7 Å². The minimum absolute atomic E-state index is 0.0938. The zero-order chi connectivity index (χ0) is 15.2. The molecule has 0 saturated heterocycles. The summed E-state index contributed by atoms with van der Waals surface area (Å²) >= 11 is 0. The Hall–Kier alpha value is -2.01. The zero-order valence-corrected chi connectivity index (χ0v) is 11.5. The summed E-state index contributed by atoms with van der Waals surface area (Å²) in [5, 5.41) is 3.06. The average Bonchev–Trinajstić information content (AvgIpc) is 2.46. The van der Waals surface area contributed by atoms with Gasteiger partial charge in [-0.3, -0.25) is 0 Å². The highest BCUT2D eigenvalue weighted by Gasteiger charge is 2.14. The summed E-state index contributed by atoms with van der Waals surface area (Å²) in [7, 11) is 1.74. The van der Waals surface area contributed by atoms with Gasteiger partial charge in [0.25, 0.3) is 0 Å². The van der Waals surface area contributed by atoms with Crippen LogP contribution in [0.5, 0.6) is 5.75 Å². The summed E-state index contributed by atoms with van der Waals surface area (Å²) in [4.78, 5) is 0. The summed E-state index contributed by atoms with van der Waals surface area (Å²) in [6.45, 7) is -2.86. The van der Waals surface area contributed by atoms with E-state index in [1.807, 2.05) is 0 Å². The van der Waals surface area contributed by atoms with E-state index in [0.717, 1.165) is 5.56 Å². The molecular formula is C16H16F3NO. The van der Waals surface area contributed by atoms with Gasteiger partial charge in [0.05, 0.1) is 0 Å². The fraction of sp³-hybridized carbons (Fsp3) is 0.250. The molecule has 2 aromatic carbocycles. The third-order valence-electron chi connectivity index (χ3n) is 3.22. The van der Waals surface area contributed by atoms with E-state index in [1.165, 1.54) is 18.2 Å². The number of nitrogens with one attached hydrogen (secondary N) is 1. The monoisotopic (exact) mass is 295 g/mol. The molecule has 0 heterocycles. The van der Waals surface area contributed by atoms with Gasteiger partial charge >= 0.3 is 6.61 Å². The molecule has 2 nitrogen and oxygen atoms in total. The zero-order valence-electron chi connectivity index (χ0n) is 11.5. The average molecular weight is 295 g/mol. The maximum atomic E-state index is 13.7. The van der Waals surface area contributed by atoms with Crippen LogP contribution in [0.15, 0.2) is 48.5 Å². The smallest absolute Gasteiger partial charge is 0.387 e. The molecule has 1 atom stereocenters. The van der Waals surface area contributed by atoms with E-state index in [9.17, 15) is 13.2 Å². The normalized spacial score (nSPS) is 12.4. The van der Waals surface area contributed by atoms with Crippen molar-refractivity contribution in [3.63, 3.8) is 0 Å². The number of ether oxygens (including phenoxy) is 1. The molecule has 2 aromatic rings. The van der Waals surface area contributed by atoms with Gasteiger partial charge in [0.15, 0.2) is 0 Å². The first-order valence-corrected chi connectivity index (χ1v) is 6.55. The molecule has 0 radical (unpaired) electrons. The Morgan fingerprint density at radius 3 is 2.52 bits per heavy atom. The van der Waals surface area contributed by atoms with Gasteiger partial charge in [0.1, 0.15) is 11.6 Å². The first-order chi connectivity index (χ1) is 10.1. The molecule has 0 saturated carbocycles. The highest BCUT2D eigenvalue weighted by molar-refractivity contribution is 5.32. The van der Waals surface area contributed by atoms with E-state index in [4.69, 9.17) is 0 Å². The van der Waals surface area contributed by atoms with Crippen LogP contribution in [0, 0.1) is 5.82 Å². The number of rotatable bonds is 6. The van der Waals surface area contributed by atoms with Crippen molar-refractivity contribution < 1.29 is 17.9 Å². The highest BCUT2D eigenvalue weighted by Crippen LogP contribution is 2.24. The fourth-order valence-corrected chi connectivity index (χ4v) is 2.18. The van der Waals surface area contributed by atoms with E-state index in [0.29, 0.717) is 12.0 Å². The second kappa shape index (κ2) is 7.13. The molecular weight excluding hydrogens is 279 g/mol. The molecule has 0 bridgehead atoms. The predicted octanol–water partition coefficient (Wildman–Crippen LogP) is 3.93. The Labute approximate surface area is 121 Å². The van der Waals surface area contributed by atoms with E-state index in [-0.39, 0.29) is 17.6 Å². The largest absolute Gasteiger partial charge is 0.435 e. The molecule has 0 aliphatic rings. The lowest BCUT2D eigenvalue weighted by molar-refractivity contribution is -0.0499. The van der Waals surface area contributed by atoms with Gasteiger partial charge in [-0.1, -0.05) is 30.3 Å². The van der Waals surface area contributed by atoms with E-state index < -0.39 is 6.61 Å². The maximum Gasteiger partial charge on any atom is 0.387 e. The first-order valence-electron chi connectivity index (χ1n) is 6.55. The Morgan fingerprint density at radius 1 is 1.10 bits per heavy atom. The lowest BCUT2D eigenvalue weighted by atomic mass is 9.98. The Kier molecular flexibility index (Phi) is 5.22. The van der Waals surface area contributed by atoms with E-state index >= 15 is 0 Å². The molecule has 0 amide bonds. The van der Waals surface area contributed by atoms with Crippen LogP contribution in [-0.2, 0) is 6.42 Å². The number of hydrogen-bond acceptors (Lipinski definition) is 2.